The highest BCUT2D eigenvalue weighted by molar-refractivity contribution is 6.30. The van der Waals surface area contributed by atoms with Gasteiger partial charge in [-0.05, 0) is 43.7 Å². The third-order valence-corrected chi connectivity index (χ3v) is 4.37. The smallest absolute Gasteiger partial charge is 0.0406 e. The van der Waals surface area contributed by atoms with Crippen molar-refractivity contribution in [2.24, 2.45) is 5.73 Å². The summed E-state index contributed by atoms with van der Waals surface area (Å²) >= 11 is 5.95. The Hall–Kier alpha value is -1.35. The van der Waals surface area contributed by atoms with Crippen molar-refractivity contribution in [3.8, 4) is 0 Å². The minimum absolute atomic E-state index is 0.0797. The Morgan fingerprint density at radius 3 is 2.19 bits per heavy atom. The third kappa shape index (κ3) is 4.31. The highest BCUT2D eigenvalue weighted by atomic mass is 35.5. The zero-order chi connectivity index (χ0) is 15.3. The zero-order valence-corrected chi connectivity index (χ0v) is 13.5. The molecule has 21 heavy (non-hydrogen) atoms. The second kappa shape index (κ2) is 7.08. The van der Waals surface area contributed by atoms with E-state index in [0.29, 0.717) is 6.54 Å². The quantitative estimate of drug-likeness (QED) is 0.881. The molecule has 112 valence electrons. The minimum Gasteiger partial charge on any atom is -0.329 e. The largest absolute Gasteiger partial charge is 0.329 e. The summed E-state index contributed by atoms with van der Waals surface area (Å²) in [5, 5.41) is 0.769. The number of nitrogens with two attached hydrogens (primary N) is 1. The maximum Gasteiger partial charge on any atom is 0.0406 e. The van der Waals surface area contributed by atoms with Crippen LogP contribution in [0.3, 0.4) is 0 Å². The first kappa shape index (κ1) is 16.0. The number of rotatable bonds is 6. The van der Waals surface area contributed by atoms with Gasteiger partial charge in [-0.2, -0.15) is 0 Å². The van der Waals surface area contributed by atoms with Crippen molar-refractivity contribution in [1.82, 2.24) is 4.90 Å². The van der Waals surface area contributed by atoms with Gasteiger partial charge >= 0.3 is 0 Å². The number of halogens is 1. The van der Waals surface area contributed by atoms with Crippen LogP contribution in [0.2, 0.25) is 5.02 Å². The molecule has 1 unspecified atom stereocenters. The summed E-state index contributed by atoms with van der Waals surface area (Å²) in [5.74, 6) is 0. The van der Waals surface area contributed by atoms with E-state index < -0.39 is 0 Å². The van der Waals surface area contributed by atoms with Gasteiger partial charge in [0.15, 0.2) is 0 Å². The molecule has 0 saturated heterocycles. The maximum absolute atomic E-state index is 6.07. The first-order valence-corrected chi connectivity index (χ1v) is 7.61. The molecule has 0 aliphatic rings. The molecular formula is C18H23ClN2. The summed E-state index contributed by atoms with van der Waals surface area (Å²) in [7, 11) is 2.13. The van der Waals surface area contributed by atoms with Crippen LogP contribution in [0, 0.1) is 0 Å². The Labute approximate surface area is 132 Å². The van der Waals surface area contributed by atoms with Crippen molar-refractivity contribution in [2.75, 3.05) is 13.6 Å². The molecule has 0 heterocycles. The van der Waals surface area contributed by atoms with E-state index in [-0.39, 0.29) is 5.54 Å². The van der Waals surface area contributed by atoms with Gasteiger partial charge in [0.25, 0.3) is 0 Å². The second-order valence-electron chi connectivity index (χ2n) is 5.85. The van der Waals surface area contributed by atoms with E-state index in [0.717, 1.165) is 18.0 Å². The van der Waals surface area contributed by atoms with E-state index in [4.69, 9.17) is 17.3 Å². The molecule has 0 aliphatic carbocycles. The van der Waals surface area contributed by atoms with Gasteiger partial charge in [-0.15, -0.1) is 0 Å². The predicted molar refractivity (Wildman–Crippen MR) is 90.5 cm³/mol. The van der Waals surface area contributed by atoms with Crippen LogP contribution in [0.15, 0.2) is 54.6 Å². The molecule has 0 amide bonds. The topological polar surface area (TPSA) is 29.3 Å². The van der Waals surface area contributed by atoms with E-state index in [9.17, 15) is 0 Å². The fourth-order valence-electron chi connectivity index (χ4n) is 2.45. The molecule has 3 heteroatoms. The molecule has 0 bridgehead atoms. The molecule has 1 atom stereocenters. The van der Waals surface area contributed by atoms with Crippen molar-refractivity contribution < 1.29 is 0 Å². The average Bonchev–Trinajstić information content (AvgIpc) is 2.50. The van der Waals surface area contributed by atoms with Crippen molar-refractivity contribution in [3.05, 3.63) is 70.7 Å². The van der Waals surface area contributed by atoms with Crippen LogP contribution in [-0.2, 0) is 13.0 Å². The van der Waals surface area contributed by atoms with Crippen LogP contribution in [0.4, 0.5) is 0 Å². The van der Waals surface area contributed by atoms with Crippen molar-refractivity contribution >= 4 is 11.6 Å². The zero-order valence-electron chi connectivity index (χ0n) is 12.7. The van der Waals surface area contributed by atoms with Gasteiger partial charge in [-0.3, -0.25) is 4.90 Å². The van der Waals surface area contributed by atoms with Gasteiger partial charge in [0.1, 0.15) is 0 Å². The molecule has 0 spiro atoms. The molecule has 2 rings (SSSR count). The lowest BCUT2D eigenvalue weighted by atomic mass is 9.91. The Morgan fingerprint density at radius 2 is 1.62 bits per heavy atom. The number of hydrogen-bond donors (Lipinski definition) is 1. The lowest BCUT2D eigenvalue weighted by molar-refractivity contribution is 0.136. The summed E-state index contributed by atoms with van der Waals surface area (Å²) in [4.78, 5) is 2.33. The fraction of sp³-hybridized carbons (Fsp3) is 0.333. The van der Waals surface area contributed by atoms with Crippen molar-refractivity contribution in [3.63, 3.8) is 0 Å². The molecule has 0 fully saturated rings. The van der Waals surface area contributed by atoms with Gasteiger partial charge in [0, 0.05) is 23.7 Å². The molecule has 2 aromatic rings. The number of benzene rings is 2. The Kier molecular flexibility index (Phi) is 5.40. The summed E-state index contributed by atoms with van der Waals surface area (Å²) < 4.78 is 0. The van der Waals surface area contributed by atoms with Gasteiger partial charge in [-0.1, -0.05) is 54.1 Å². The van der Waals surface area contributed by atoms with Gasteiger partial charge in [0.05, 0.1) is 0 Å². The summed E-state index contributed by atoms with van der Waals surface area (Å²) in [6, 6.07) is 18.5. The fourth-order valence-corrected chi connectivity index (χ4v) is 2.58. The number of likely N-dealkylation sites (N-methyl/N-ethyl adjacent to an activating group) is 1. The number of hydrogen-bond acceptors (Lipinski definition) is 2. The molecule has 0 aliphatic heterocycles. The third-order valence-electron chi connectivity index (χ3n) is 4.12. The van der Waals surface area contributed by atoms with Crippen LogP contribution in [-0.4, -0.2) is 24.0 Å². The van der Waals surface area contributed by atoms with E-state index >= 15 is 0 Å². The first-order valence-electron chi connectivity index (χ1n) is 7.23. The SMILES string of the molecule is CN(Cc1ccccc1)C(C)(CN)Cc1ccc(Cl)cc1. The minimum atomic E-state index is -0.0797. The first-order chi connectivity index (χ1) is 10.0. The maximum atomic E-state index is 6.07. The summed E-state index contributed by atoms with van der Waals surface area (Å²) in [6.07, 6.45) is 0.907. The summed E-state index contributed by atoms with van der Waals surface area (Å²) in [5.41, 5.74) is 8.55. The molecule has 2 N–H and O–H groups in total. The number of nitrogens with zero attached hydrogens (tertiary/aromatic N) is 1. The van der Waals surface area contributed by atoms with E-state index in [2.05, 4.69) is 55.3 Å². The van der Waals surface area contributed by atoms with Crippen molar-refractivity contribution in [1.29, 1.82) is 0 Å². The Balaban J connectivity index is 2.10. The predicted octanol–water partition coefficient (Wildman–Crippen LogP) is 3.73. The van der Waals surface area contributed by atoms with Crippen LogP contribution in [0.25, 0.3) is 0 Å². The lowest BCUT2D eigenvalue weighted by Crippen LogP contribution is -2.50. The Morgan fingerprint density at radius 1 is 1.00 bits per heavy atom. The molecule has 0 aromatic heterocycles. The van der Waals surface area contributed by atoms with E-state index in [1.165, 1.54) is 11.1 Å². The van der Waals surface area contributed by atoms with Gasteiger partial charge in [0.2, 0.25) is 0 Å². The van der Waals surface area contributed by atoms with Gasteiger partial charge < -0.3 is 5.73 Å². The average molecular weight is 303 g/mol. The Bertz CT molecular complexity index is 553. The molecule has 0 radical (unpaired) electrons. The lowest BCUT2D eigenvalue weighted by Gasteiger charge is -2.38. The highest BCUT2D eigenvalue weighted by Crippen LogP contribution is 2.22. The van der Waals surface area contributed by atoms with Gasteiger partial charge in [-0.25, -0.2) is 0 Å². The molecular weight excluding hydrogens is 280 g/mol. The van der Waals surface area contributed by atoms with Crippen LogP contribution < -0.4 is 5.73 Å². The molecule has 2 nitrogen and oxygen atoms in total. The molecule has 2 aromatic carbocycles. The monoisotopic (exact) mass is 302 g/mol. The normalized spacial score (nSPS) is 14.1. The van der Waals surface area contributed by atoms with E-state index in [1.807, 2.05) is 18.2 Å². The van der Waals surface area contributed by atoms with Crippen LogP contribution >= 0.6 is 11.6 Å². The van der Waals surface area contributed by atoms with Crippen molar-refractivity contribution in [2.45, 2.75) is 25.4 Å². The van der Waals surface area contributed by atoms with Crippen LogP contribution in [0.1, 0.15) is 18.1 Å². The van der Waals surface area contributed by atoms with Crippen LogP contribution in [0.5, 0.6) is 0 Å². The second-order valence-corrected chi connectivity index (χ2v) is 6.28. The van der Waals surface area contributed by atoms with E-state index in [1.54, 1.807) is 0 Å². The standard InChI is InChI=1S/C18H23ClN2/c1-18(14-20,12-15-8-10-17(19)11-9-15)21(2)13-16-6-4-3-5-7-16/h3-11H,12-14,20H2,1-2H3. The molecule has 0 saturated carbocycles. The highest BCUT2D eigenvalue weighted by Gasteiger charge is 2.28. The summed E-state index contributed by atoms with van der Waals surface area (Å²) in [6.45, 7) is 3.71.